The lowest BCUT2D eigenvalue weighted by Gasteiger charge is -2.33. The maximum absolute atomic E-state index is 14.0. The number of aryl methyl sites for hydroxylation is 1. The molecule has 1 atom stereocenters. The maximum atomic E-state index is 14.0. The SMILES string of the molecule is Cc1ccc2cccc(OCc3c(Cl)ccc(S(=O)(=O)N4CCC[C@H]4C(=O)NC4CCN(C(=O)CCN=CNN)CC4)c3Cl)c2n1.Cl.Cl. The standard InChI is InChI=1S/C31H37Cl2N7O5S.2ClH/c1-20-7-8-21-4-2-6-26(30(21)37-20)45-18-23-24(32)9-10-27(29(23)33)46(43,44)40-15-3-5-25(40)31(42)38-22-12-16-39(17-13-22)28(41)11-14-35-19-36-34;;/h2,4,6-10,19,22,25H,3,5,11-18,34H2,1H3,(H,35,36)(H,38,42);2*1H/t25-;;/m0../s1. The van der Waals surface area contributed by atoms with Crippen molar-refractivity contribution in [3.63, 3.8) is 0 Å². The molecule has 2 amide bonds. The van der Waals surface area contributed by atoms with Crippen molar-refractivity contribution < 1.29 is 22.7 Å². The smallest absolute Gasteiger partial charge is 0.245 e. The Kier molecular flexibility index (Phi) is 14.5. The number of hydrazine groups is 1. The molecule has 262 valence electrons. The normalized spacial score (nSPS) is 17.2. The third-order valence-electron chi connectivity index (χ3n) is 8.25. The van der Waals surface area contributed by atoms with Crippen molar-refractivity contribution >= 4 is 87.1 Å². The number of halogens is 4. The fourth-order valence-corrected chi connectivity index (χ4v) is 8.33. The van der Waals surface area contributed by atoms with E-state index < -0.39 is 16.1 Å². The number of para-hydroxylation sites is 1. The second-order valence-electron chi connectivity index (χ2n) is 11.3. The molecule has 5 rings (SSSR count). The Bertz CT molecular complexity index is 1740. The lowest BCUT2D eigenvalue weighted by Crippen LogP contribution is -2.52. The minimum Gasteiger partial charge on any atom is -0.487 e. The number of rotatable bonds is 11. The zero-order valence-electron chi connectivity index (χ0n) is 26.2. The Morgan fingerprint density at radius 3 is 2.56 bits per heavy atom. The van der Waals surface area contributed by atoms with Crippen LogP contribution in [0.2, 0.25) is 10.0 Å². The number of piperidine rings is 1. The van der Waals surface area contributed by atoms with Crippen LogP contribution in [0.15, 0.2) is 52.4 Å². The summed E-state index contributed by atoms with van der Waals surface area (Å²) in [6, 6.07) is 11.2. The van der Waals surface area contributed by atoms with Crippen LogP contribution < -0.4 is 21.3 Å². The van der Waals surface area contributed by atoms with Gasteiger partial charge in [0.25, 0.3) is 0 Å². The number of hydrogen-bond acceptors (Lipinski definition) is 8. The van der Waals surface area contributed by atoms with Gasteiger partial charge in [-0.15, -0.1) is 24.8 Å². The molecule has 3 aromatic rings. The van der Waals surface area contributed by atoms with Gasteiger partial charge in [0.1, 0.15) is 28.8 Å². The number of carbonyl (C=O) groups excluding carboxylic acids is 2. The summed E-state index contributed by atoms with van der Waals surface area (Å²) in [7, 11) is -4.16. The van der Waals surface area contributed by atoms with Gasteiger partial charge in [0, 0.05) is 60.3 Å². The van der Waals surface area contributed by atoms with Crippen molar-refractivity contribution in [2.75, 3.05) is 26.2 Å². The maximum Gasteiger partial charge on any atom is 0.245 e. The summed E-state index contributed by atoms with van der Waals surface area (Å²) in [6.45, 7) is 3.31. The highest BCUT2D eigenvalue weighted by molar-refractivity contribution is 7.89. The number of carbonyl (C=O) groups is 2. The third kappa shape index (κ3) is 9.00. The van der Waals surface area contributed by atoms with E-state index in [9.17, 15) is 18.0 Å². The first-order valence-electron chi connectivity index (χ1n) is 15.1. The molecule has 0 unspecified atom stereocenters. The van der Waals surface area contributed by atoms with Crippen LogP contribution >= 0.6 is 48.0 Å². The minimum absolute atomic E-state index is 0. The molecule has 0 spiro atoms. The summed E-state index contributed by atoms with van der Waals surface area (Å²) in [5, 5.41) is 4.12. The molecule has 2 saturated heterocycles. The average Bonchev–Trinajstić information content (AvgIpc) is 3.55. The Hall–Kier alpha value is -2.91. The first kappa shape index (κ1) is 39.5. The van der Waals surface area contributed by atoms with Crippen LogP contribution in [0.4, 0.5) is 0 Å². The molecule has 2 aliphatic rings. The summed E-state index contributed by atoms with van der Waals surface area (Å²) in [5.74, 6) is 5.28. The number of nitrogens with zero attached hydrogens (tertiary/aromatic N) is 4. The van der Waals surface area contributed by atoms with Gasteiger partial charge >= 0.3 is 0 Å². The Labute approximate surface area is 302 Å². The van der Waals surface area contributed by atoms with Crippen LogP contribution in [-0.2, 0) is 26.2 Å². The number of likely N-dealkylation sites (tertiary alicyclic amines) is 1. The van der Waals surface area contributed by atoms with E-state index in [-0.39, 0.29) is 77.2 Å². The number of aromatic nitrogens is 1. The molecule has 2 aromatic carbocycles. The molecule has 1 aromatic heterocycles. The molecule has 4 N–H and O–H groups in total. The van der Waals surface area contributed by atoms with Gasteiger partial charge in [-0.3, -0.25) is 14.6 Å². The molecule has 2 fully saturated rings. The van der Waals surface area contributed by atoms with Crippen molar-refractivity contribution in [2.45, 2.75) is 62.6 Å². The molecule has 2 aliphatic heterocycles. The highest BCUT2D eigenvalue weighted by Crippen LogP contribution is 2.36. The highest BCUT2D eigenvalue weighted by Gasteiger charge is 2.41. The number of sulfonamides is 1. The molecule has 3 heterocycles. The monoisotopic (exact) mass is 761 g/mol. The molecule has 0 aliphatic carbocycles. The predicted octanol–water partition coefficient (Wildman–Crippen LogP) is 4.41. The molecule has 17 heteroatoms. The lowest BCUT2D eigenvalue weighted by molar-refractivity contribution is -0.132. The van der Waals surface area contributed by atoms with Crippen LogP contribution in [0.3, 0.4) is 0 Å². The summed E-state index contributed by atoms with van der Waals surface area (Å²) in [4.78, 5) is 36.0. The van der Waals surface area contributed by atoms with E-state index in [1.165, 1.54) is 22.8 Å². The molecule has 12 nitrogen and oxygen atoms in total. The Morgan fingerprint density at radius 2 is 1.83 bits per heavy atom. The van der Waals surface area contributed by atoms with Crippen LogP contribution in [0.25, 0.3) is 10.9 Å². The van der Waals surface area contributed by atoms with Crippen molar-refractivity contribution in [3.05, 3.63) is 63.8 Å². The van der Waals surface area contributed by atoms with Gasteiger partial charge in [-0.1, -0.05) is 41.4 Å². The van der Waals surface area contributed by atoms with Gasteiger partial charge in [-0.25, -0.2) is 19.2 Å². The van der Waals surface area contributed by atoms with Gasteiger partial charge in [-0.2, -0.15) is 4.31 Å². The summed E-state index contributed by atoms with van der Waals surface area (Å²) in [5.41, 5.74) is 4.12. The van der Waals surface area contributed by atoms with Gasteiger partial charge < -0.3 is 20.4 Å². The van der Waals surface area contributed by atoms with E-state index in [0.29, 0.717) is 62.1 Å². The fourth-order valence-electron chi connectivity index (χ4n) is 5.81. The van der Waals surface area contributed by atoms with Crippen molar-refractivity contribution in [1.82, 2.24) is 24.9 Å². The van der Waals surface area contributed by atoms with Crippen LogP contribution in [0, 0.1) is 6.92 Å². The largest absolute Gasteiger partial charge is 0.487 e. The summed E-state index contributed by atoms with van der Waals surface area (Å²) < 4.78 is 35.2. The highest BCUT2D eigenvalue weighted by atomic mass is 35.5. The van der Waals surface area contributed by atoms with Gasteiger partial charge in [-0.05, 0) is 56.9 Å². The molecular weight excluding hydrogens is 724 g/mol. The fraction of sp³-hybridized carbons (Fsp3) is 0.419. The Morgan fingerprint density at radius 1 is 1.08 bits per heavy atom. The summed E-state index contributed by atoms with van der Waals surface area (Å²) >= 11 is 13.2. The number of pyridine rings is 1. The number of ether oxygens (including phenoxy) is 1. The zero-order valence-corrected chi connectivity index (χ0v) is 30.2. The quantitative estimate of drug-likeness (QED) is 0.112. The number of benzene rings is 2. The van der Waals surface area contributed by atoms with Crippen LogP contribution in [0.5, 0.6) is 5.75 Å². The van der Waals surface area contributed by atoms with Gasteiger partial charge in [0.05, 0.1) is 11.4 Å². The molecule has 0 radical (unpaired) electrons. The number of aliphatic imine (C=N–C) groups is 1. The number of nitrogens with two attached hydrogens (primary N) is 1. The predicted molar refractivity (Wildman–Crippen MR) is 192 cm³/mol. The van der Waals surface area contributed by atoms with E-state index in [0.717, 1.165) is 11.1 Å². The molecular formula is C31H39Cl4N7O5S. The van der Waals surface area contributed by atoms with Crippen molar-refractivity contribution in [2.24, 2.45) is 10.8 Å². The van der Waals surface area contributed by atoms with Crippen molar-refractivity contribution in [1.29, 1.82) is 0 Å². The minimum atomic E-state index is -4.16. The second-order valence-corrected chi connectivity index (χ2v) is 13.9. The van der Waals surface area contributed by atoms with E-state index in [1.54, 1.807) is 11.0 Å². The van der Waals surface area contributed by atoms with Crippen LogP contribution in [0.1, 0.15) is 43.4 Å². The van der Waals surface area contributed by atoms with Gasteiger partial charge in [0.2, 0.25) is 21.8 Å². The summed E-state index contributed by atoms with van der Waals surface area (Å²) in [6.07, 6.45) is 3.66. The van der Waals surface area contributed by atoms with E-state index in [2.05, 4.69) is 20.7 Å². The number of nitrogens with one attached hydrogen (secondary N) is 2. The molecule has 0 bridgehead atoms. The Balaban J connectivity index is 0.00000312. The van der Waals surface area contributed by atoms with Crippen LogP contribution in [-0.4, -0.2) is 79.0 Å². The van der Waals surface area contributed by atoms with E-state index >= 15 is 0 Å². The second kappa shape index (κ2) is 17.7. The topological polar surface area (TPSA) is 159 Å². The number of hydrogen-bond donors (Lipinski definition) is 3. The first-order chi connectivity index (χ1) is 22.1. The van der Waals surface area contributed by atoms with Crippen molar-refractivity contribution in [3.8, 4) is 5.75 Å². The lowest BCUT2D eigenvalue weighted by atomic mass is 10.0. The number of fused-ring (bicyclic) bond motifs is 1. The van der Waals surface area contributed by atoms with E-state index in [4.69, 9.17) is 33.8 Å². The van der Waals surface area contributed by atoms with E-state index in [1.807, 2.05) is 31.2 Å². The first-order valence-corrected chi connectivity index (χ1v) is 17.3. The molecule has 48 heavy (non-hydrogen) atoms. The zero-order chi connectivity index (χ0) is 32.8. The average molecular weight is 764 g/mol. The van der Waals surface area contributed by atoms with Gasteiger partial charge in [0.15, 0.2) is 0 Å². The third-order valence-corrected chi connectivity index (χ3v) is 11.1. The molecule has 0 saturated carbocycles. The number of amides is 2.